The maximum atomic E-state index is 12.8. The Labute approximate surface area is 185 Å². The number of ether oxygens (including phenoxy) is 1. The number of amides is 1. The van der Waals surface area contributed by atoms with E-state index in [2.05, 4.69) is 10.3 Å². The van der Waals surface area contributed by atoms with E-state index in [0.717, 1.165) is 22.5 Å². The van der Waals surface area contributed by atoms with Gasteiger partial charge in [-0.2, -0.15) is 5.10 Å². The van der Waals surface area contributed by atoms with Gasteiger partial charge >= 0.3 is 0 Å². The molecule has 0 bridgehead atoms. The molecule has 1 N–H and O–H groups in total. The molecule has 0 aliphatic rings. The molecule has 2 heterocycles. The predicted octanol–water partition coefficient (Wildman–Crippen LogP) is 5.11. The number of rotatable bonds is 6. The lowest BCUT2D eigenvalue weighted by Crippen LogP contribution is -2.28. The van der Waals surface area contributed by atoms with Gasteiger partial charge in [0.25, 0.3) is 5.91 Å². The SMILES string of the molecule is COc1ccccc1-c1cc(C(=O)NCC(C)C)nc2cc(-c3ccc(Cl)cc3)nn12. The summed E-state index contributed by atoms with van der Waals surface area (Å²) in [5.41, 5.74) is 4.09. The smallest absolute Gasteiger partial charge is 0.270 e. The molecule has 31 heavy (non-hydrogen) atoms. The van der Waals surface area contributed by atoms with Crippen molar-refractivity contribution >= 4 is 23.2 Å². The van der Waals surface area contributed by atoms with Crippen LogP contribution in [0, 0.1) is 5.92 Å². The zero-order valence-electron chi connectivity index (χ0n) is 17.6. The topological polar surface area (TPSA) is 68.5 Å². The van der Waals surface area contributed by atoms with Crippen LogP contribution < -0.4 is 10.1 Å². The molecule has 0 unspecified atom stereocenters. The van der Waals surface area contributed by atoms with E-state index in [1.54, 1.807) is 17.7 Å². The third-order valence-electron chi connectivity index (χ3n) is 4.85. The molecule has 0 saturated heterocycles. The number of nitrogens with one attached hydrogen (secondary N) is 1. The van der Waals surface area contributed by atoms with Crippen LogP contribution in [-0.4, -0.2) is 34.2 Å². The van der Waals surface area contributed by atoms with Gasteiger partial charge in [-0.15, -0.1) is 0 Å². The second kappa shape index (κ2) is 8.78. The van der Waals surface area contributed by atoms with Crippen LogP contribution in [0.25, 0.3) is 28.2 Å². The van der Waals surface area contributed by atoms with Gasteiger partial charge in [0, 0.05) is 28.8 Å². The zero-order chi connectivity index (χ0) is 22.0. The Balaban J connectivity index is 1.89. The van der Waals surface area contributed by atoms with Gasteiger partial charge in [-0.25, -0.2) is 9.50 Å². The Morgan fingerprint density at radius 3 is 2.58 bits per heavy atom. The second-order valence-electron chi connectivity index (χ2n) is 7.64. The van der Waals surface area contributed by atoms with Gasteiger partial charge < -0.3 is 10.1 Å². The summed E-state index contributed by atoms with van der Waals surface area (Å²) in [6.45, 7) is 4.67. The van der Waals surface area contributed by atoms with Crippen LogP contribution in [-0.2, 0) is 0 Å². The van der Waals surface area contributed by atoms with E-state index >= 15 is 0 Å². The first-order chi connectivity index (χ1) is 15.0. The number of benzene rings is 2. The first-order valence-corrected chi connectivity index (χ1v) is 10.4. The van der Waals surface area contributed by atoms with Crippen LogP contribution in [0.5, 0.6) is 5.75 Å². The Kier molecular flexibility index (Phi) is 5.91. The minimum Gasteiger partial charge on any atom is -0.496 e. The van der Waals surface area contributed by atoms with Crippen LogP contribution in [0.2, 0.25) is 5.02 Å². The van der Waals surface area contributed by atoms with Gasteiger partial charge in [-0.3, -0.25) is 4.79 Å². The van der Waals surface area contributed by atoms with Gasteiger partial charge in [-0.05, 0) is 36.2 Å². The van der Waals surface area contributed by atoms with Gasteiger partial charge in [0.1, 0.15) is 11.4 Å². The van der Waals surface area contributed by atoms with Crippen molar-refractivity contribution in [2.24, 2.45) is 5.92 Å². The monoisotopic (exact) mass is 434 g/mol. The molecule has 0 spiro atoms. The van der Waals surface area contributed by atoms with Crippen molar-refractivity contribution in [3.63, 3.8) is 0 Å². The van der Waals surface area contributed by atoms with E-state index in [4.69, 9.17) is 21.4 Å². The molecule has 0 saturated carbocycles. The van der Waals surface area contributed by atoms with E-state index in [1.807, 2.05) is 68.4 Å². The Morgan fingerprint density at radius 1 is 1.13 bits per heavy atom. The number of carbonyl (C=O) groups is 1. The lowest BCUT2D eigenvalue weighted by Gasteiger charge is -2.12. The van der Waals surface area contributed by atoms with Gasteiger partial charge in [0.05, 0.1) is 18.5 Å². The maximum Gasteiger partial charge on any atom is 0.270 e. The lowest BCUT2D eigenvalue weighted by molar-refractivity contribution is 0.0944. The Hall–Kier alpha value is -3.38. The highest BCUT2D eigenvalue weighted by atomic mass is 35.5. The summed E-state index contributed by atoms with van der Waals surface area (Å²) in [4.78, 5) is 17.4. The highest BCUT2D eigenvalue weighted by Crippen LogP contribution is 2.31. The number of hydrogen-bond acceptors (Lipinski definition) is 4. The fourth-order valence-corrected chi connectivity index (χ4v) is 3.41. The first-order valence-electron chi connectivity index (χ1n) is 10.0. The van der Waals surface area contributed by atoms with Crippen LogP contribution in [0.15, 0.2) is 60.7 Å². The molecule has 0 atom stereocenters. The Bertz CT molecular complexity index is 1230. The molecule has 0 aliphatic carbocycles. The zero-order valence-corrected chi connectivity index (χ0v) is 18.3. The van der Waals surface area contributed by atoms with E-state index in [0.29, 0.717) is 34.6 Å². The number of fused-ring (bicyclic) bond motifs is 1. The summed E-state index contributed by atoms with van der Waals surface area (Å²) in [6.07, 6.45) is 0. The van der Waals surface area contributed by atoms with Crippen molar-refractivity contribution in [2.45, 2.75) is 13.8 Å². The number of methoxy groups -OCH3 is 1. The highest BCUT2D eigenvalue weighted by molar-refractivity contribution is 6.30. The Morgan fingerprint density at radius 2 is 1.87 bits per heavy atom. The van der Waals surface area contributed by atoms with E-state index in [1.165, 1.54) is 0 Å². The van der Waals surface area contributed by atoms with Crippen LogP contribution in [0.1, 0.15) is 24.3 Å². The molecule has 4 rings (SSSR count). The minimum atomic E-state index is -0.221. The highest BCUT2D eigenvalue weighted by Gasteiger charge is 2.18. The third kappa shape index (κ3) is 4.39. The normalized spacial score (nSPS) is 11.1. The average Bonchev–Trinajstić information content (AvgIpc) is 3.21. The second-order valence-corrected chi connectivity index (χ2v) is 8.07. The summed E-state index contributed by atoms with van der Waals surface area (Å²) >= 11 is 6.03. The van der Waals surface area contributed by atoms with Crippen LogP contribution >= 0.6 is 11.6 Å². The molecule has 0 radical (unpaired) electrons. The number of hydrogen-bond donors (Lipinski definition) is 1. The number of para-hydroxylation sites is 1. The van der Waals surface area contributed by atoms with E-state index in [9.17, 15) is 4.79 Å². The van der Waals surface area contributed by atoms with Gasteiger partial charge in [-0.1, -0.05) is 49.7 Å². The largest absolute Gasteiger partial charge is 0.496 e. The van der Waals surface area contributed by atoms with Gasteiger partial charge in [0.15, 0.2) is 5.65 Å². The molecule has 1 amide bonds. The number of halogens is 1. The lowest BCUT2D eigenvalue weighted by atomic mass is 10.1. The maximum absolute atomic E-state index is 12.8. The van der Waals surface area contributed by atoms with E-state index < -0.39 is 0 Å². The molecule has 7 heteroatoms. The fraction of sp³-hybridized carbons (Fsp3) is 0.208. The average molecular weight is 435 g/mol. The summed E-state index contributed by atoms with van der Waals surface area (Å²) in [5.74, 6) is 0.807. The minimum absolute atomic E-state index is 0.221. The predicted molar refractivity (Wildman–Crippen MR) is 123 cm³/mol. The fourth-order valence-electron chi connectivity index (χ4n) is 3.29. The van der Waals surface area contributed by atoms with Gasteiger partial charge in [0.2, 0.25) is 0 Å². The molecular weight excluding hydrogens is 412 g/mol. The molecule has 2 aromatic carbocycles. The van der Waals surface area contributed by atoms with E-state index in [-0.39, 0.29) is 5.91 Å². The number of aromatic nitrogens is 3. The molecular formula is C24H23ClN4O2. The summed E-state index contributed by atoms with van der Waals surface area (Å²) in [6, 6.07) is 18.7. The number of nitrogens with zero attached hydrogens (tertiary/aromatic N) is 3. The summed E-state index contributed by atoms with van der Waals surface area (Å²) in [5, 5.41) is 8.36. The van der Waals surface area contributed by atoms with Crippen molar-refractivity contribution in [3.05, 3.63) is 71.4 Å². The summed E-state index contributed by atoms with van der Waals surface area (Å²) < 4.78 is 7.29. The van der Waals surface area contributed by atoms with Crippen molar-refractivity contribution in [1.29, 1.82) is 0 Å². The molecule has 4 aromatic rings. The third-order valence-corrected chi connectivity index (χ3v) is 5.11. The molecule has 2 aromatic heterocycles. The van der Waals surface area contributed by atoms with Crippen molar-refractivity contribution < 1.29 is 9.53 Å². The number of carbonyl (C=O) groups excluding carboxylic acids is 1. The summed E-state index contributed by atoms with van der Waals surface area (Å²) in [7, 11) is 1.62. The molecule has 0 fully saturated rings. The molecule has 158 valence electrons. The molecule has 6 nitrogen and oxygen atoms in total. The van der Waals surface area contributed by atoms with Crippen molar-refractivity contribution in [3.8, 4) is 28.3 Å². The first kappa shape index (κ1) is 20.9. The van der Waals surface area contributed by atoms with Crippen molar-refractivity contribution in [2.75, 3.05) is 13.7 Å². The van der Waals surface area contributed by atoms with Crippen LogP contribution in [0.4, 0.5) is 0 Å². The quantitative estimate of drug-likeness (QED) is 0.457. The van der Waals surface area contributed by atoms with Crippen LogP contribution in [0.3, 0.4) is 0 Å². The standard InChI is InChI=1S/C24H23ClN4O2/c1-15(2)14-26-24(30)20-12-21(18-6-4-5-7-22(18)31-3)29-23(27-20)13-19(28-29)16-8-10-17(25)11-9-16/h4-13,15H,14H2,1-3H3,(H,26,30). The van der Waals surface area contributed by atoms with Crippen molar-refractivity contribution in [1.82, 2.24) is 19.9 Å². The molecule has 0 aliphatic heterocycles.